The van der Waals surface area contributed by atoms with Crippen molar-refractivity contribution in [2.24, 2.45) is 0 Å². The van der Waals surface area contributed by atoms with Gasteiger partial charge in [0, 0.05) is 23.4 Å². The number of carbonyl (C=O) groups excluding carboxylic acids is 2. The number of benzene rings is 2. The first-order valence-electron chi connectivity index (χ1n) is 12.3. The number of ketones is 1. The van der Waals surface area contributed by atoms with Crippen molar-refractivity contribution >= 4 is 17.4 Å². The van der Waals surface area contributed by atoms with E-state index in [9.17, 15) is 22.8 Å². The summed E-state index contributed by atoms with van der Waals surface area (Å²) < 4.78 is 49.2. The molecule has 1 aliphatic heterocycles. The fourth-order valence-corrected chi connectivity index (χ4v) is 4.92. The molecule has 0 saturated heterocycles. The Morgan fingerprint density at radius 3 is 2.54 bits per heavy atom. The molecule has 3 aromatic rings. The van der Waals surface area contributed by atoms with E-state index in [1.165, 1.54) is 24.3 Å². The van der Waals surface area contributed by atoms with Crippen LogP contribution in [0.2, 0.25) is 0 Å². The average Bonchev–Trinajstić information content (AvgIpc) is 3.36. The van der Waals surface area contributed by atoms with Gasteiger partial charge in [0.1, 0.15) is 17.3 Å². The lowest BCUT2D eigenvalue weighted by Gasteiger charge is -2.32. The molecule has 7 nitrogen and oxygen atoms in total. The molecule has 39 heavy (non-hydrogen) atoms. The molecular weight excluding hydrogens is 513 g/mol. The number of alkyl halides is 3. The molecule has 1 aromatic heterocycles. The summed E-state index contributed by atoms with van der Waals surface area (Å²) in [6.07, 6.45) is -3.33. The standard InChI is InChI=1S/C29H25F3N2O5/c1-16-8-3-5-10-19(16)34-39-28(36)25-17(2)33-20-11-7-12-21(35)26(20)27(25)24-15-14-22(37-24)18-9-4-6-13-23(18)38-29(30,31)32/h3-6,8-10,13-15,27,33-34H,7,11-12H2,1-2H3. The van der Waals surface area contributed by atoms with Crippen LogP contribution < -0.4 is 15.5 Å². The minimum atomic E-state index is -4.89. The van der Waals surface area contributed by atoms with Crippen LogP contribution in [-0.2, 0) is 14.4 Å². The Bertz CT molecular complexity index is 1500. The second-order valence-corrected chi connectivity index (χ2v) is 9.32. The molecule has 10 heteroatoms. The number of dihydropyridines is 1. The topological polar surface area (TPSA) is 89.8 Å². The van der Waals surface area contributed by atoms with E-state index in [1.807, 2.05) is 19.1 Å². The highest BCUT2D eigenvalue weighted by Gasteiger charge is 2.41. The van der Waals surface area contributed by atoms with E-state index in [0.29, 0.717) is 41.9 Å². The molecule has 0 saturated carbocycles. The smallest absolute Gasteiger partial charge is 0.460 e. The Balaban J connectivity index is 1.53. The minimum Gasteiger partial charge on any atom is -0.460 e. The first-order valence-corrected chi connectivity index (χ1v) is 12.3. The van der Waals surface area contributed by atoms with Gasteiger partial charge in [-0.1, -0.05) is 30.3 Å². The summed E-state index contributed by atoms with van der Waals surface area (Å²) in [5.74, 6) is -1.90. The second kappa shape index (κ2) is 10.4. The maximum atomic E-state index is 13.4. The van der Waals surface area contributed by atoms with Gasteiger partial charge >= 0.3 is 12.3 Å². The van der Waals surface area contributed by atoms with E-state index < -0.39 is 24.0 Å². The van der Waals surface area contributed by atoms with Crippen LogP contribution in [0.25, 0.3) is 11.3 Å². The van der Waals surface area contributed by atoms with Gasteiger partial charge in [-0.2, -0.15) is 0 Å². The van der Waals surface area contributed by atoms with Crippen LogP contribution in [0.15, 0.2) is 87.6 Å². The Morgan fingerprint density at radius 2 is 1.77 bits per heavy atom. The monoisotopic (exact) mass is 538 g/mol. The number of hydrogen-bond acceptors (Lipinski definition) is 7. The van der Waals surface area contributed by atoms with Gasteiger partial charge in [-0.05, 0) is 62.6 Å². The maximum absolute atomic E-state index is 13.4. The third kappa shape index (κ3) is 5.41. The van der Waals surface area contributed by atoms with Crippen LogP contribution >= 0.6 is 0 Å². The summed E-state index contributed by atoms with van der Waals surface area (Å²) in [6, 6.07) is 15.9. The predicted molar refractivity (Wildman–Crippen MR) is 136 cm³/mol. The Hall–Kier alpha value is -4.47. The minimum absolute atomic E-state index is 0.0743. The molecule has 1 unspecified atom stereocenters. The van der Waals surface area contributed by atoms with E-state index >= 15 is 0 Å². The van der Waals surface area contributed by atoms with Gasteiger partial charge < -0.3 is 19.3 Å². The Kier molecular flexibility index (Phi) is 6.94. The lowest BCUT2D eigenvalue weighted by Crippen LogP contribution is -2.34. The average molecular weight is 539 g/mol. The van der Waals surface area contributed by atoms with Crippen molar-refractivity contribution in [3.63, 3.8) is 0 Å². The van der Waals surface area contributed by atoms with Crippen molar-refractivity contribution < 1.29 is 36.8 Å². The molecule has 1 aliphatic carbocycles. The highest BCUT2D eigenvalue weighted by atomic mass is 19.4. The van der Waals surface area contributed by atoms with Crippen LogP contribution in [0.3, 0.4) is 0 Å². The fraction of sp³-hybridized carbons (Fsp3) is 0.241. The number of hydrogen-bond donors (Lipinski definition) is 2. The number of ether oxygens (including phenoxy) is 1. The van der Waals surface area contributed by atoms with Gasteiger partial charge in [0.2, 0.25) is 0 Å². The zero-order valence-corrected chi connectivity index (χ0v) is 21.1. The van der Waals surface area contributed by atoms with E-state index in [0.717, 1.165) is 5.56 Å². The summed E-state index contributed by atoms with van der Waals surface area (Å²) in [6.45, 7) is 3.56. The number of Topliss-reactive ketones (excluding diaryl/α,β-unsaturated/α-hetero) is 1. The number of halogens is 3. The number of rotatable bonds is 6. The highest BCUT2D eigenvalue weighted by Crippen LogP contribution is 2.44. The van der Waals surface area contributed by atoms with Crippen molar-refractivity contribution in [2.45, 2.75) is 45.4 Å². The highest BCUT2D eigenvalue weighted by molar-refractivity contribution is 6.03. The molecule has 0 bridgehead atoms. The Labute approximate surface area is 222 Å². The third-order valence-corrected chi connectivity index (χ3v) is 6.68. The summed E-state index contributed by atoms with van der Waals surface area (Å²) in [7, 11) is 0. The zero-order chi connectivity index (χ0) is 27.7. The molecule has 0 spiro atoms. The van der Waals surface area contributed by atoms with Crippen molar-refractivity contribution in [3.8, 4) is 17.1 Å². The number of carbonyl (C=O) groups is 2. The van der Waals surface area contributed by atoms with Crippen LogP contribution in [0.4, 0.5) is 18.9 Å². The number of furan rings is 1. The summed E-state index contributed by atoms with van der Waals surface area (Å²) in [4.78, 5) is 32.0. The molecule has 0 fully saturated rings. The van der Waals surface area contributed by atoms with Gasteiger partial charge in [0.05, 0.1) is 22.7 Å². The first-order chi connectivity index (χ1) is 18.6. The molecule has 2 aliphatic rings. The SMILES string of the molecule is CC1=C(C(=O)ONc2ccccc2C)C(c2ccc(-c3ccccc3OC(F)(F)F)o2)C2=C(CCCC2=O)N1. The van der Waals surface area contributed by atoms with Crippen molar-refractivity contribution in [2.75, 3.05) is 5.48 Å². The van der Waals surface area contributed by atoms with Gasteiger partial charge in [-0.3, -0.25) is 4.79 Å². The van der Waals surface area contributed by atoms with Crippen molar-refractivity contribution in [3.05, 3.63) is 94.5 Å². The van der Waals surface area contributed by atoms with Crippen LogP contribution in [0.5, 0.6) is 5.75 Å². The van der Waals surface area contributed by atoms with Crippen LogP contribution in [0.1, 0.15) is 43.4 Å². The molecule has 2 heterocycles. The largest absolute Gasteiger partial charge is 0.573 e. The molecule has 202 valence electrons. The summed E-state index contributed by atoms with van der Waals surface area (Å²) in [5, 5.41) is 3.19. The number of nitrogens with one attached hydrogen (secondary N) is 2. The number of allylic oxidation sites excluding steroid dienone is 3. The summed E-state index contributed by atoms with van der Waals surface area (Å²) in [5.41, 5.74) is 5.93. The maximum Gasteiger partial charge on any atom is 0.573 e. The lowest BCUT2D eigenvalue weighted by atomic mass is 9.77. The molecule has 0 amide bonds. The number of para-hydroxylation sites is 2. The summed E-state index contributed by atoms with van der Waals surface area (Å²) >= 11 is 0. The quantitative estimate of drug-likeness (QED) is 0.338. The van der Waals surface area contributed by atoms with Gasteiger partial charge in [-0.15, -0.1) is 13.2 Å². The third-order valence-electron chi connectivity index (χ3n) is 6.68. The first kappa shape index (κ1) is 26.1. The van der Waals surface area contributed by atoms with Crippen molar-refractivity contribution in [1.82, 2.24) is 5.32 Å². The molecule has 0 radical (unpaired) electrons. The van der Waals surface area contributed by atoms with Gasteiger partial charge in [0.15, 0.2) is 5.78 Å². The van der Waals surface area contributed by atoms with Crippen LogP contribution in [0, 0.1) is 6.92 Å². The van der Waals surface area contributed by atoms with E-state index in [2.05, 4.69) is 15.5 Å². The fourth-order valence-electron chi connectivity index (χ4n) is 4.92. The molecule has 2 N–H and O–H groups in total. The molecular formula is C29H25F3N2O5. The van der Waals surface area contributed by atoms with E-state index in [1.54, 1.807) is 31.2 Å². The van der Waals surface area contributed by atoms with Gasteiger partial charge in [-0.25, -0.2) is 10.3 Å². The van der Waals surface area contributed by atoms with Gasteiger partial charge in [0.25, 0.3) is 0 Å². The Morgan fingerprint density at radius 1 is 1.03 bits per heavy atom. The van der Waals surface area contributed by atoms with E-state index in [4.69, 9.17) is 9.25 Å². The number of anilines is 1. The molecule has 1 atom stereocenters. The normalized spacial score (nSPS) is 17.5. The second-order valence-electron chi connectivity index (χ2n) is 9.32. The lowest BCUT2D eigenvalue weighted by molar-refractivity contribution is -0.274. The van der Waals surface area contributed by atoms with Crippen LogP contribution in [-0.4, -0.2) is 18.1 Å². The number of aryl methyl sites for hydroxylation is 1. The zero-order valence-electron chi connectivity index (χ0n) is 21.1. The predicted octanol–water partition coefficient (Wildman–Crippen LogP) is 6.69. The molecule has 5 rings (SSSR count). The van der Waals surface area contributed by atoms with Crippen molar-refractivity contribution in [1.29, 1.82) is 0 Å². The molecule has 2 aromatic carbocycles. The van der Waals surface area contributed by atoms with E-state index in [-0.39, 0.29) is 28.4 Å².